The number of hydrogen-bond donors (Lipinski definition) is 1. The molecule has 0 atom stereocenters. The maximum Gasteiger partial charge on any atom is 0.341 e. The summed E-state index contributed by atoms with van der Waals surface area (Å²) in [5.41, 5.74) is 2.28. The van der Waals surface area contributed by atoms with Gasteiger partial charge in [-0.25, -0.2) is 4.79 Å². The largest absolute Gasteiger partial charge is 0.462 e. The molecule has 2 aromatic heterocycles. The van der Waals surface area contributed by atoms with Gasteiger partial charge in [0.05, 0.1) is 17.9 Å². The topological polar surface area (TPSA) is 94.3 Å². The number of nitrogens with one attached hydrogen (secondary N) is 1. The molecule has 0 aliphatic heterocycles. The van der Waals surface area contributed by atoms with E-state index in [4.69, 9.17) is 20.8 Å². The lowest BCUT2D eigenvalue weighted by Crippen LogP contribution is -2.16. The Hall–Kier alpha value is -2.36. The number of hydrogen-bond acceptors (Lipinski definition) is 8. The third-order valence-electron chi connectivity index (χ3n) is 4.98. The van der Waals surface area contributed by atoms with Gasteiger partial charge in [0.2, 0.25) is 11.8 Å². The van der Waals surface area contributed by atoms with Gasteiger partial charge in [-0.2, -0.15) is 0 Å². The summed E-state index contributed by atoms with van der Waals surface area (Å²) in [4.78, 5) is 26.4. The molecular weight excluding hydrogens is 470 g/mol. The first-order valence-corrected chi connectivity index (χ1v) is 12.6. The summed E-state index contributed by atoms with van der Waals surface area (Å²) in [5, 5.41) is 12.4. The highest BCUT2D eigenvalue weighted by molar-refractivity contribution is 7.99. The van der Waals surface area contributed by atoms with Crippen molar-refractivity contribution in [2.45, 2.75) is 44.3 Å². The van der Waals surface area contributed by atoms with Crippen LogP contribution < -0.4 is 5.32 Å². The number of esters is 1. The molecule has 1 aliphatic carbocycles. The van der Waals surface area contributed by atoms with Crippen LogP contribution in [0.4, 0.5) is 5.00 Å². The monoisotopic (exact) mass is 491 g/mol. The molecule has 0 radical (unpaired) electrons. The Morgan fingerprint density at radius 1 is 1.19 bits per heavy atom. The second kappa shape index (κ2) is 10.5. The van der Waals surface area contributed by atoms with Gasteiger partial charge in [0, 0.05) is 15.5 Å². The van der Waals surface area contributed by atoms with E-state index < -0.39 is 0 Å². The lowest BCUT2D eigenvalue weighted by atomic mass is 10.1. The van der Waals surface area contributed by atoms with Crippen molar-refractivity contribution in [2.24, 2.45) is 0 Å². The van der Waals surface area contributed by atoms with Crippen LogP contribution in [0.15, 0.2) is 33.9 Å². The fraction of sp³-hybridized carbons (Fsp3) is 0.364. The van der Waals surface area contributed by atoms with Gasteiger partial charge >= 0.3 is 5.97 Å². The van der Waals surface area contributed by atoms with Crippen LogP contribution in [0.5, 0.6) is 0 Å². The number of carbonyl (C=O) groups is 2. The third-order valence-corrected chi connectivity index (χ3v) is 7.26. The summed E-state index contributed by atoms with van der Waals surface area (Å²) in [5.74, 6) is -0.189. The summed E-state index contributed by atoms with van der Waals surface area (Å²) in [6, 6.07) is 7.06. The Labute approximate surface area is 198 Å². The molecule has 2 heterocycles. The van der Waals surface area contributed by atoms with Crippen molar-refractivity contribution in [1.82, 2.24) is 10.2 Å². The molecule has 32 heavy (non-hydrogen) atoms. The minimum atomic E-state index is -0.376. The normalized spacial score (nSPS) is 13.3. The quantitative estimate of drug-likeness (QED) is 0.260. The molecule has 7 nitrogen and oxygen atoms in total. The molecular formula is C22H22ClN3O4S2. The zero-order chi connectivity index (χ0) is 22.5. The van der Waals surface area contributed by atoms with E-state index in [1.54, 1.807) is 31.2 Å². The van der Waals surface area contributed by atoms with Crippen LogP contribution in [-0.4, -0.2) is 34.4 Å². The summed E-state index contributed by atoms with van der Waals surface area (Å²) in [6.07, 6.45) is 5.02. The summed E-state index contributed by atoms with van der Waals surface area (Å²) < 4.78 is 10.9. The molecule has 10 heteroatoms. The van der Waals surface area contributed by atoms with Crippen molar-refractivity contribution < 1.29 is 18.7 Å². The number of amides is 1. The first-order valence-electron chi connectivity index (χ1n) is 10.4. The van der Waals surface area contributed by atoms with E-state index in [0.717, 1.165) is 59.9 Å². The molecule has 0 unspecified atom stereocenters. The van der Waals surface area contributed by atoms with Crippen LogP contribution in [-0.2, 0) is 22.4 Å². The molecule has 3 aromatic rings. The molecule has 4 rings (SSSR count). The van der Waals surface area contributed by atoms with Gasteiger partial charge in [-0.05, 0) is 62.4 Å². The van der Waals surface area contributed by atoms with E-state index >= 15 is 0 Å². The molecule has 168 valence electrons. The minimum Gasteiger partial charge on any atom is -0.462 e. The van der Waals surface area contributed by atoms with Crippen molar-refractivity contribution in [3.63, 3.8) is 0 Å². The van der Waals surface area contributed by atoms with Crippen LogP contribution in [0.25, 0.3) is 11.5 Å². The zero-order valence-electron chi connectivity index (χ0n) is 17.5. The second-order valence-electron chi connectivity index (χ2n) is 7.21. The lowest BCUT2D eigenvalue weighted by Gasteiger charge is -2.08. The number of carbonyl (C=O) groups excluding carboxylic acids is 2. The number of aryl methyl sites for hydroxylation is 1. The number of fused-ring (bicyclic) bond motifs is 1. The SMILES string of the molecule is CCOC(=O)c1c(NC(=O)CSc2nnc(-c3ccc(Cl)cc3)o2)sc2c1CCCCC2. The predicted molar refractivity (Wildman–Crippen MR) is 126 cm³/mol. The first-order chi connectivity index (χ1) is 15.5. The van der Waals surface area contributed by atoms with Gasteiger partial charge in [-0.15, -0.1) is 21.5 Å². The second-order valence-corrected chi connectivity index (χ2v) is 9.67. The highest BCUT2D eigenvalue weighted by Crippen LogP contribution is 2.38. The minimum absolute atomic E-state index is 0.0765. The highest BCUT2D eigenvalue weighted by Gasteiger charge is 2.26. The van der Waals surface area contributed by atoms with Crippen LogP contribution in [0.3, 0.4) is 0 Å². The summed E-state index contributed by atoms with van der Waals surface area (Å²) >= 11 is 8.52. The van der Waals surface area contributed by atoms with Gasteiger partial charge in [-0.1, -0.05) is 29.8 Å². The molecule has 0 bridgehead atoms. The first kappa shape index (κ1) is 22.8. The van der Waals surface area contributed by atoms with Crippen LogP contribution in [0.1, 0.15) is 47.0 Å². The Morgan fingerprint density at radius 2 is 1.97 bits per heavy atom. The average molecular weight is 492 g/mol. The molecule has 1 aliphatic rings. The van der Waals surface area contributed by atoms with Crippen molar-refractivity contribution in [3.8, 4) is 11.5 Å². The van der Waals surface area contributed by atoms with Crippen LogP contribution in [0.2, 0.25) is 5.02 Å². The third kappa shape index (κ3) is 5.33. The van der Waals surface area contributed by atoms with Crippen LogP contribution in [0, 0.1) is 0 Å². The summed E-state index contributed by atoms with van der Waals surface area (Å²) in [7, 11) is 0. The van der Waals surface area contributed by atoms with Crippen molar-refractivity contribution >= 4 is 51.6 Å². The Kier molecular flexibility index (Phi) is 7.49. The fourth-order valence-electron chi connectivity index (χ4n) is 3.52. The average Bonchev–Trinajstić information content (AvgIpc) is 3.31. The van der Waals surface area contributed by atoms with Crippen molar-refractivity contribution in [2.75, 3.05) is 17.7 Å². The molecule has 0 spiro atoms. The zero-order valence-corrected chi connectivity index (χ0v) is 19.9. The van der Waals surface area contributed by atoms with Gasteiger partial charge in [0.15, 0.2) is 0 Å². The smallest absolute Gasteiger partial charge is 0.341 e. The predicted octanol–water partition coefficient (Wildman–Crippen LogP) is 5.63. The number of nitrogens with zero attached hydrogens (tertiary/aromatic N) is 2. The maximum absolute atomic E-state index is 12.6. The van der Waals surface area contributed by atoms with Gasteiger partial charge in [0.1, 0.15) is 5.00 Å². The van der Waals surface area contributed by atoms with Gasteiger partial charge in [-0.3, -0.25) is 4.79 Å². The number of halogens is 1. The highest BCUT2D eigenvalue weighted by atomic mass is 35.5. The number of ether oxygens (including phenoxy) is 1. The number of benzene rings is 1. The summed E-state index contributed by atoms with van der Waals surface area (Å²) in [6.45, 7) is 2.07. The number of anilines is 1. The number of rotatable bonds is 7. The van der Waals surface area contributed by atoms with Gasteiger partial charge < -0.3 is 14.5 Å². The Balaban J connectivity index is 1.43. The van der Waals surface area contributed by atoms with E-state index in [-0.39, 0.29) is 22.9 Å². The van der Waals surface area contributed by atoms with E-state index in [2.05, 4.69) is 15.5 Å². The van der Waals surface area contributed by atoms with Crippen molar-refractivity contribution in [1.29, 1.82) is 0 Å². The Morgan fingerprint density at radius 3 is 2.75 bits per heavy atom. The van der Waals surface area contributed by atoms with Crippen LogP contribution >= 0.6 is 34.7 Å². The lowest BCUT2D eigenvalue weighted by molar-refractivity contribution is -0.113. The fourth-order valence-corrected chi connectivity index (χ4v) is 5.50. The van der Waals surface area contributed by atoms with Crippen molar-refractivity contribution in [3.05, 3.63) is 45.3 Å². The van der Waals surface area contributed by atoms with E-state index in [9.17, 15) is 9.59 Å². The maximum atomic E-state index is 12.6. The molecule has 1 amide bonds. The number of thiophene rings is 1. The van der Waals surface area contributed by atoms with E-state index in [0.29, 0.717) is 28.1 Å². The molecule has 1 N–H and O–H groups in total. The number of thioether (sulfide) groups is 1. The Bertz CT molecular complexity index is 1110. The number of aromatic nitrogens is 2. The molecule has 1 aromatic carbocycles. The van der Waals surface area contributed by atoms with E-state index in [1.165, 1.54) is 11.3 Å². The standard InChI is InChI=1S/C22H22ClN3O4S2/c1-2-29-21(28)18-15-6-4-3-5-7-16(15)32-20(18)24-17(27)12-31-22-26-25-19(30-22)13-8-10-14(23)11-9-13/h8-11H,2-7,12H2,1H3,(H,24,27). The molecule has 0 saturated carbocycles. The molecule has 0 fully saturated rings. The van der Waals surface area contributed by atoms with E-state index in [1.807, 2.05) is 0 Å². The van der Waals surface area contributed by atoms with Gasteiger partial charge in [0.25, 0.3) is 5.22 Å². The molecule has 0 saturated heterocycles.